The summed E-state index contributed by atoms with van der Waals surface area (Å²) < 4.78 is 0. The summed E-state index contributed by atoms with van der Waals surface area (Å²) in [5.74, 6) is 1.09. The first-order chi connectivity index (χ1) is 15.8. The van der Waals surface area contributed by atoms with Gasteiger partial charge in [0.05, 0.1) is 0 Å². The van der Waals surface area contributed by atoms with Crippen LogP contribution in [0, 0.1) is 0 Å². The van der Waals surface area contributed by atoms with Gasteiger partial charge < -0.3 is 10.2 Å². The number of rotatable bonds is 5. The largest absolute Gasteiger partial charge is 0.351 e. The van der Waals surface area contributed by atoms with Gasteiger partial charge in [-0.25, -0.2) is 9.97 Å². The van der Waals surface area contributed by atoms with Gasteiger partial charge in [-0.1, -0.05) is 60.7 Å². The monoisotopic (exact) mass is 421 g/mol. The molecule has 2 aromatic carbocycles. The summed E-state index contributed by atoms with van der Waals surface area (Å²) in [4.78, 5) is 28.8. The molecule has 0 fully saturated rings. The molecule has 32 heavy (non-hydrogen) atoms. The van der Waals surface area contributed by atoms with E-state index in [1.54, 1.807) is 18.6 Å². The number of anilines is 1. The van der Waals surface area contributed by atoms with Gasteiger partial charge in [-0.05, 0) is 29.2 Å². The van der Waals surface area contributed by atoms with Gasteiger partial charge in [-0.2, -0.15) is 0 Å². The van der Waals surface area contributed by atoms with Crippen LogP contribution in [0.5, 0.6) is 0 Å². The van der Waals surface area contributed by atoms with Crippen LogP contribution in [0.25, 0.3) is 11.4 Å². The average molecular weight is 422 g/mol. The van der Waals surface area contributed by atoms with Crippen LogP contribution in [-0.4, -0.2) is 27.4 Å². The van der Waals surface area contributed by atoms with Crippen molar-refractivity contribution in [1.82, 2.24) is 20.3 Å². The predicted molar refractivity (Wildman–Crippen MR) is 124 cm³/mol. The van der Waals surface area contributed by atoms with Crippen molar-refractivity contribution in [2.45, 2.75) is 19.5 Å². The molecule has 0 saturated heterocycles. The van der Waals surface area contributed by atoms with E-state index in [0.29, 0.717) is 30.3 Å². The van der Waals surface area contributed by atoms with E-state index >= 15 is 0 Å². The lowest BCUT2D eigenvalue weighted by Gasteiger charge is -2.31. The Morgan fingerprint density at radius 1 is 0.938 bits per heavy atom. The molecule has 3 heterocycles. The molecular weight excluding hydrogens is 398 g/mol. The average Bonchev–Trinajstić information content (AvgIpc) is 2.88. The molecule has 0 unspecified atom stereocenters. The van der Waals surface area contributed by atoms with Gasteiger partial charge in [-0.15, -0.1) is 0 Å². The van der Waals surface area contributed by atoms with Crippen LogP contribution in [0.1, 0.15) is 27.0 Å². The summed E-state index contributed by atoms with van der Waals surface area (Å²) in [5.41, 5.74) is 4.96. The lowest BCUT2D eigenvalue weighted by molar-refractivity contribution is 0.0950. The van der Waals surface area contributed by atoms with Crippen molar-refractivity contribution in [3.05, 3.63) is 108 Å². The molecule has 0 bridgehead atoms. The number of pyridine rings is 1. The van der Waals surface area contributed by atoms with Gasteiger partial charge >= 0.3 is 0 Å². The molecule has 0 saturated carbocycles. The smallest absolute Gasteiger partial charge is 0.256 e. The quantitative estimate of drug-likeness (QED) is 0.527. The van der Waals surface area contributed by atoms with Crippen molar-refractivity contribution in [1.29, 1.82) is 0 Å². The van der Waals surface area contributed by atoms with Crippen molar-refractivity contribution in [2.24, 2.45) is 0 Å². The fraction of sp³-hybridized carbons (Fsp3) is 0.154. The second-order valence-electron chi connectivity index (χ2n) is 7.78. The van der Waals surface area contributed by atoms with E-state index in [-0.39, 0.29) is 5.91 Å². The maximum Gasteiger partial charge on any atom is 0.256 e. The molecule has 0 spiro atoms. The summed E-state index contributed by atoms with van der Waals surface area (Å²) in [5, 5.41) is 2.99. The third kappa shape index (κ3) is 4.21. The van der Waals surface area contributed by atoms with Crippen LogP contribution >= 0.6 is 0 Å². The number of carbonyl (C=O) groups excluding carboxylic acids is 1. The van der Waals surface area contributed by atoms with Crippen LogP contribution in [-0.2, 0) is 19.5 Å². The van der Waals surface area contributed by atoms with Crippen LogP contribution in [0.4, 0.5) is 5.82 Å². The molecular formula is C26H23N5O. The molecule has 0 atom stereocenters. The Labute approximate surface area is 187 Å². The van der Waals surface area contributed by atoms with E-state index in [2.05, 4.69) is 44.5 Å². The summed E-state index contributed by atoms with van der Waals surface area (Å²) in [6.07, 6.45) is 6.02. The fourth-order valence-corrected chi connectivity index (χ4v) is 3.96. The molecule has 0 radical (unpaired) electrons. The van der Waals surface area contributed by atoms with Crippen LogP contribution in [0.3, 0.4) is 0 Å². The molecule has 6 nitrogen and oxygen atoms in total. The number of nitrogens with zero attached hydrogens (tertiary/aromatic N) is 4. The van der Waals surface area contributed by atoms with E-state index in [9.17, 15) is 4.79 Å². The third-order valence-electron chi connectivity index (χ3n) is 5.65. The highest BCUT2D eigenvalue weighted by Gasteiger charge is 2.24. The van der Waals surface area contributed by atoms with Gasteiger partial charge in [0.15, 0.2) is 5.82 Å². The van der Waals surface area contributed by atoms with Gasteiger partial charge in [0.2, 0.25) is 0 Å². The number of fused-ring (bicyclic) bond motifs is 1. The summed E-state index contributed by atoms with van der Waals surface area (Å²) in [6, 6.07) is 22.1. The van der Waals surface area contributed by atoms with Crippen LogP contribution in [0.2, 0.25) is 0 Å². The van der Waals surface area contributed by atoms with Gasteiger partial charge in [0, 0.05) is 43.8 Å². The first-order valence-electron chi connectivity index (χ1n) is 10.7. The first-order valence-corrected chi connectivity index (χ1v) is 10.7. The highest BCUT2D eigenvalue weighted by Crippen LogP contribution is 2.27. The number of nitrogens with one attached hydrogen (secondary N) is 1. The Morgan fingerprint density at radius 2 is 1.75 bits per heavy atom. The molecule has 6 heteroatoms. The minimum absolute atomic E-state index is 0.192. The maximum atomic E-state index is 13.1. The molecule has 1 aliphatic heterocycles. The third-order valence-corrected chi connectivity index (χ3v) is 5.65. The van der Waals surface area contributed by atoms with Gasteiger partial charge in [0.25, 0.3) is 5.91 Å². The molecule has 1 N–H and O–H groups in total. The summed E-state index contributed by atoms with van der Waals surface area (Å²) in [7, 11) is 0. The zero-order valence-electron chi connectivity index (χ0n) is 17.6. The Kier molecular flexibility index (Phi) is 5.58. The van der Waals surface area contributed by atoms with E-state index in [0.717, 1.165) is 24.1 Å². The Morgan fingerprint density at radius 3 is 2.56 bits per heavy atom. The molecule has 0 aliphatic carbocycles. The molecule has 4 aromatic rings. The lowest BCUT2D eigenvalue weighted by Crippen LogP contribution is -2.34. The van der Waals surface area contributed by atoms with Crippen molar-refractivity contribution >= 4 is 11.7 Å². The molecule has 1 amide bonds. The van der Waals surface area contributed by atoms with E-state index in [1.807, 2.05) is 42.5 Å². The number of aromatic nitrogens is 3. The highest BCUT2D eigenvalue weighted by atomic mass is 16.1. The molecule has 5 rings (SSSR count). The minimum atomic E-state index is -0.192. The zero-order chi connectivity index (χ0) is 21.8. The normalized spacial score (nSPS) is 12.8. The summed E-state index contributed by atoms with van der Waals surface area (Å²) >= 11 is 0. The molecule has 158 valence electrons. The minimum Gasteiger partial charge on any atom is -0.351 e. The fourth-order valence-electron chi connectivity index (χ4n) is 3.96. The second-order valence-corrected chi connectivity index (χ2v) is 7.78. The molecule has 1 aliphatic rings. The second kappa shape index (κ2) is 8.98. The van der Waals surface area contributed by atoms with E-state index in [1.165, 1.54) is 11.1 Å². The van der Waals surface area contributed by atoms with Crippen molar-refractivity contribution in [3.63, 3.8) is 0 Å². The number of carbonyl (C=O) groups is 1. The number of amides is 1. The van der Waals surface area contributed by atoms with Crippen molar-refractivity contribution < 1.29 is 4.79 Å². The topological polar surface area (TPSA) is 71.0 Å². The van der Waals surface area contributed by atoms with Crippen molar-refractivity contribution in [3.8, 4) is 11.4 Å². The molecule has 2 aromatic heterocycles. The standard InChI is InChI=1S/C26H23N5O/c32-26(29-16-19-7-6-13-27-15-19)23-17-28-24(21-9-2-1-3-10-21)30-25(23)31-14-12-20-8-4-5-11-22(20)18-31/h1-11,13,15,17H,12,14,16,18H2,(H,29,32). The zero-order valence-corrected chi connectivity index (χ0v) is 17.6. The Hall–Kier alpha value is -4.06. The highest BCUT2D eigenvalue weighted by molar-refractivity contribution is 5.99. The number of hydrogen-bond acceptors (Lipinski definition) is 5. The van der Waals surface area contributed by atoms with E-state index < -0.39 is 0 Å². The Balaban J connectivity index is 1.48. The van der Waals surface area contributed by atoms with Gasteiger partial charge in [-0.3, -0.25) is 9.78 Å². The van der Waals surface area contributed by atoms with E-state index in [4.69, 9.17) is 4.98 Å². The lowest BCUT2D eigenvalue weighted by atomic mass is 9.99. The number of benzene rings is 2. The summed E-state index contributed by atoms with van der Waals surface area (Å²) in [6.45, 7) is 1.91. The maximum absolute atomic E-state index is 13.1. The SMILES string of the molecule is O=C(NCc1cccnc1)c1cnc(-c2ccccc2)nc1N1CCc2ccccc2C1. The van der Waals surface area contributed by atoms with Crippen LogP contribution in [0.15, 0.2) is 85.3 Å². The Bertz CT molecular complexity index is 1230. The van der Waals surface area contributed by atoms with Gasteiger partial charge in [0.1, 0.15) is 11.4 Å². The number of hydrogen-bond donors (Lipinski definition) is 1. The van der Waals surface area contributed by atoms with Crippen LogP contribution < -0.4 is 10.2 Å². The predicted octanol–water partition coefficient (Wildman–Crippen LogP) is 4.03. The van der Waals surface area contributed by atoms with Crippen molar-refractivity contribution in [2.75, 3.05) is 11.4 Å². The first kappa shape index (κ1) is 19.9.